The lowest BCUT2D eigenvalue weighted by molar-refractivity contribution is -0.115. The molecule has 2 heterocycles. The zero-order valence-corrected chi connectivity index (χ0v) is 19.0. The molecular formula is C18H16F3N5O3S3. The minimum atomic E-state index is -5.43. The van der Waals surface area contributed by atoms with E-state index in [2.05, 4.69) is 20.6 Å². The first kappa shape index (κ1) is 23.8. The summed E-state index contributed by atoms with van der Waals surface area (Å²) in [5.74, 6) is -0.279. The minimum Gasteiger partial charge on any atom is -0.371 e. The molecule has 0 radical (unpaired) electrons. The number of nitrogens with zero attached hydrogens (tertiary/aromatic N) is 2. The highest BCUT2D eigenvalue weighted by Crippen LogP contribution is 2.33. The van der Waals surface area contributed by atoms with Crippen molar-refractivity contribution < 1.29 is 26.4 Å². The number of nitrogens with one attached hydrogen (secondary N) is 3. The number of sulfone groups is 1. The number of carbonyl (C=O) groups excluding carboxylic acids is 1. The highest BCUT2D eigenvalue weighted by atomic mass is 32.2. The Labute approximate surface area is 189 Å². The average Bonchev–Trinajstić information content (AvgIpc) is 3.33. The topological polar surface area (TPSA) is 125 Å². The second-order valence-electron chi connectivity index (χ2n) is 6.41. The van der Waals surface area contributed by atoms with Gasteiger partial charge in [0.15, 0.2) is 16.0 Å². The number of anilines is 1. The molecule has 3 N–H and O–H groups in total. The van der Waals surface area contributed by atoms with Crippen LogP contribution in [0.1, 0.15) is 16.3 Å². The van der Waals surface area contributed by atoms with Crippen LogP contribution in [-0.4, -0.2) is 42.7 Å². The zero-order valence-electron chi connectivity index (χ0n) is 16.6. The lowest BCUT2D eigenvalue weighted by Gasteiger charge is -2.08. The maximum Gasteiger partial charge on any atom is 0.501 e. The smallest absolute Gasteiger partial charge is 0.371 e. The van der Waals surface area contributed by atoms with Gasteiger partial charge >= 0.3 is 5.51 Å². The Hall–Kier alpha value is -2.84. The number of amidine groups is 1. The van der Waals surface area contributed by atoms with Crippen LogP contribution >= 0.6 is 22.7 Å². The zero-order chi connectivity index (χ0) is 23.7. The number of alkyl halides is 3. The summed E-state index contributed by atoms with van der Waals surface area (Å²) >= 11 is 2.48. The summed E-state index contributed by atoms with van der Waals surface area (Å²) in [4.78, 5) is 20.8. The van der Waals surface area contributed by atoms with E-state index in [1.54, 1.807) is 19.4 Å². The molecular weight excluding hydrogens is 487 g/mol. The van der Waals surface area contributed by atoms with Crippen molar-refractivity contribution in [3.05, 3.63) is 45.9 Å². The van der Waals surface area contributed by atoms with Crippen molar-refractivity contribution in [1.29, 1.82) is 5.41 Å². The van der Waals surface area contributed by atoms with Crippen molar-refractivity contribution >= 4 is 49.4 Å². The van der Waals surface area contributed by atoms with Gasteiger partial charge in [0.25, 0.3) is 9.84 Å². The maximum absolute atomic E-state index is 12.6. The minimum absolute atomic E-state index is 0.176. The van der Waals surface area contributed by atoms with Gasteiger partial charge in [-0.05, 0) is 24.6 Å². The Morgan fingerprint density at radius 1 is 1.19 bits per heavy atom. The molecule has 1 aromatic carbocycles. The molecule has 0 saturated carbocycles. The van der Waals surface area contributed by atoms with Gasteiger partial charge in [0.05, 0.1) is 27.6 Å². The van der Waals surface area contributed by atoms with Gasteiger partial charge in [0.2, 0.25) is 5.91 Å². The molecule has 0 spiro atoms. The van der Waals surface area contributed by atoms with Gasteiger partial charge in [0, 0.05) is 12.4 Å². The fraction of sp³-hybridized carbons (Fsp3) is 0.222. The van der Waals surface area contributed by atoms with Gasteiger partial charge < -0.3 is 10.6 Å². The van der Waals surface area contributed by atoms with E-state index in [1.165, 1.54) is 22.7 Å². The van der Waals surface area contributed by atoms with Crippen molar-refractivity contribution in [3.8, 4) is 10.6 Å². The molecule has 0 bridgehead atoms. The van der Waals surface area contributed by atoms with Gasteiger partial charge in [-0.25, -0.2) is 18.4 Å². The first-order valence-corrected chi connectivity index (χ1v) is 12.0. The molecule has 3 rings (SSSR count). The van der Waals surface area contributed by atoms with E-state index in [-0.39, 0.29) is 12.3 Å². The van der Waals surface area contributed by atoms with E-state index in [4.69, 9.17) is 5.41 Å². The molecule has 0 aliphatic rings. The van der Waals surface area contributed by atoms with Gasteiger partial charge in [-0.3, -0.25) is 10.2 Å². The van der Waals surface area contributed by atoms with Gasteiger partial charge in [0.1, 0.15) is 0 Å². The number of hydrogen-bond acceptors (Lipinski definition) is 8. The fourth-order valence-electron chi connectivity index (χ4n) is 2.55. The summed E-state index contributed by atoms with van der Waals surface area (Å²) in [6.07, 6.45) is -0.176. The third-order valence-corrected chi connectivity index (χ3v) is 7.60. The number of rotatable bonds is 6. The van der Waals surface area contributed by atoms with Crippen LogP contribution in [-0.2, 0) is 21.1 Å². The lowest BCUT2D eigenvalue weighted by atomic mass is 10.1. The van der Waals surface area contributed by atoms with Crippen molar-refractivity contribution in [2.24, 2.45) is 0 Å². The molecule has 170 valence electrons. The summed E-state index contributed by atoms with van der Waals surface area (Å²) in [7, 11) is -3.81. The summed E-state index contributed by atoms with van der Waals surface area (Å²) in [5.41, 5.74) is -3.76. The Morgan fingerprint density at radius 3 is 2.44 bits per heavy atom. The van der Waals surface area contributed by atoms with Gasteiger partial charge in [-0.2, -0.15) is 13.2 Å². The molecule has 0 fully saturated rings. The second-order valence-corrected chi connectivity index (χ2v) is 10.2. The summed E-state index contributed by atoms with van der Waals surface area (Å²) in [5, 5.41) is 15.7. The Kier molecular flexibility index (Phi) is 6.67. The number of hydrogen-bond donors (Lipinski definition) is 3. The van der Waals surface area contributed by atoms with E-state index in [1.807, 2.05) is 0 Å². The predicted molar refractivity (Wildman–Crippen MR) is 116 cm³/mol. The van der Waals surface area contributed by atoms with E-state index in [0.717, 1.165) is 29.1 Å². The van der Waals surface area contributed by atoms with Crippen LogP contribution in [0, 0.1) is 12.3 Å². The summed E-state index contributed by atoms with van der Waals surface area (Å²) in [6, 6.07) is 3.95. The quantitative estimate of drug-likeness (QED) is 0.349. The van der Waals surface area contributed by atoms with Gasteiger partial charge in [-0.1, -0.05) is 12.1 Å². The van der Waals surface area contributed by atoms with Gasteiger partial charge in [-0.15, -0.1) is 22.7 Å². The fourth-order valence-corrected chi connectivity index (χ4v) is 5.09. The third kappa shape index (κ3) is 4.97. The number of carbonyl (C=O) groups is 1. The first-order valence-electron chi connectivity index (χ1n) is 8.82. The monoisotopic (exact) mass is 503 g/mol. The highest BCUT2D eigenvalue weighted by Gasteiger charge is 2.46. The molecule has 1 amide bonds. The molecule has 14 heteroatoms. The van der Waals surface area contributed by atoms with E-state index >= 15 is 0 Å². The molecule has 0 unspecified atom stereocenters. The highest BCUT2D eigenvalue weighted by molar-refractivity contribution is 7.92. The molecule has 0 atom stereocenters. The predicted octanol–water partition coefficient (Wildman–Crippen LogP) is 3.59. The van der Waals surface area contributed by atoms with E-state index < -0.39 is 26.1 Å². The van der Waals surface area contributed by atoms with Crippen LogP contribution in [0.4, 0.5) is 18.3 Å². The molecule has 3 aromatic rings. The Morgan fingerprint density at radius 2 is 1.84 bits per heavy atom. The Bertz CT molecular complexity index is 1270. The van der Waals surface area contributed by atoms with E-state index in [0.29, 0.717) is 27.1 Å². The van der Waals surface area contributed by atoms with Crippen molar-refractivity contribution in [3.63, 3.8) is 0 Å². The molecule has 0 aliphatic heterocycles. The number of aryl methyl sites for hydroxylation is 1. The summed E-state index contributed by atoms with van der Waals surface area (Å²) < 4.78 is 60.6. The third-order valence-electron chi connectivity index (χ3n) is 4.15. The number of thiazole rings is 2. The number of amides is 1. The standard InChI is InChI=1S/C18H16F3N5O3S3/c1-9-14(31-16(24-9)15(22)23-2)12-8-30-17(25-12)26-13(27)7-10-3-5-11(6-4-10)32(28,29)18(19,20)21/h3-6,8H,7H2,1-2H3,(H2,22,23)(H,25,26,27). The molecule has 2 aromatic heterocycles. The van der Waals surface area contributed by atoms with E-state index in [9.17, 15) is 26.4 Å². The van der Waals surface area contributed by atoms with Crippen LogP contribution in [0.3, 0.4) is 0 Å². The normalized spacial score (nSPS) is 11.9. The number of benzene rings is 1. The summed E-state index contributed by atoms with van der Waals surface area (Å²) in [6.45, 7) is 1.79. The average molecular weight is 504 g/mol. The van der Waals surface area contributed by atoms with Crippen LogP contribution in [0.5, 0.6) is 0 Å². The Balaban J connectivity index is 1.67. The largest absolute Gasteiger partial charge is 0.501 e. The van der Waals surface area contributed by atoms with Crippen LogP contribution in [0.25, 0.3) is 10.6 Å². The second kappa shape index (κ2) is 8.96. The SMILES string of the molecule is CNC(=N)c1nc(C)c(-c2csc(NC(=O)Cc3ccc(S(=O)(=O)C(F)(F)F)cc3)n2)s1. The number of aromatic nitrogens is 2. The molecule has 0 aliphatic carbocycles. The molecule has 8 nitrogen and oxygen atoms in total. The van der Waals surface area contributed by atoms with Crippen molar-refractivity contribution in [2.45, 2.75) is 23.7 Å². The maximum atomic E-state index is 12.6. The molecule has 0 saturated heterocycles. The lowest BCUT2D eigenvalue weighted by Crippen LogP contribution is -2.23. The van der Waals surface area contributed by atoms with Crippen LogP contribution in [0.15, 0.2) is 34.5 Å². The van der Waals surface area contributed by atoms with Crippen LogP contribution < -0.4 is 10.6 Å². The number of halogens is 3. The molecule has 32 heavy (non-hydrogen) atoms. The first-order chi connectivity index (χ1) is 14.9. The van der Waals surface area contributed by atoms with Crippen molar-refractivity contribution in [2.75, 3.05) is 12.4 Å². The van der Waals surface area contributed by atoms with Crippen LogP contribution in [0.2, 0.25) is 0 Å². The van der Waals surface area contributed by atoms with Crippen molar-refractivity contribution in [1.82, 2.24) is 15.3 Å².